The Morgan fingerprint density at radius 1 is 1.29 bits per heavy atom. The van der Waals surface area contributed by atoms with Crippen molar-refractivity contribution >= 4 is 10.0 Å². The highest BCUT2D eigenvalue weighted by molar-refractivity contribution is 7.89. The molecule has 1 aliphatic heterocycles. The Labute approximate surface area is 128 Å². The summed E-state index contributed by atoms with van der Waals surface area (Å²) in [5.74, 6) is 0.448. The molecule has 0 amide bonds. The van der Waals surface area contributed by atoms with Crippen LogP contribution in [0.15, 0.2) is 29.2 Å². The first-order valence-electron chi connectivity index (χ1n) is 7.50. The van der Waals surface area contributed by atoms with Gasteiger partial charge in [-0.25, -0.2) is 8.42 Å². The zero-order valence-corrected chi connectivity index (χ0v) is 14.1. The van der Waals surface area contributed by atoms with Gasteiger partial charge in [0.15, 0.2) is 0 Å². The molecule has 0 saturated carbocycles. The van der Waals surface area contributed by atoms with Crippen LogP contribution >= 0.6 is 0 Å². The van der Waals surface area contributed by atoms with Gasteiger partial charge in [-0.1, -0.05) is 26.0 Å². The van der Waals surface area contributed by atoms with Crippen molar-refractivity contribution < 1.29 is 13.2 Å². The van der Waals surface area contributed by atoms with Crippen molar-refractivity contribution in [3.05, 3.63) is 29.8 Å². The fourth-order valence-corrected chi connectivity index (χ4v) is 4.11. The van der Waals surface area contributed by atoms with Gasteiger partial charge in [-0.15, -0.1) is 0 Å². The Morgan fingerprint density at radius 3 is 2.43 bits per heavy atom. The van der Waals surface area contributed by atoms with Gasteiger partial charge in [-0.2, -0.15) is 4.31 Å². The summed E-state index contributed by atoms with van der Waals surface area (Å²) in [6.07, 6.45) is 1.05. The van der Waals surface area contributed by atoms with Crippen molar-refractivity contribution in [2.24, 2.45) is 0 Å². The summed E-state index contributed by atoms with van der Waals surface area (Å²) in [4.78, 5) is 0.368. The highest BCUT2D eigenvalue weighted by Gasteiger charge is 2.34. The molecule has 2 rings (SSSR count). The molecule has 0 bridgehead atoms. The number of nitrogens with zero attached hydrogens (tertiary/aromatic N) is 1. The Balaban J connectivity index is 2.23. The van der Waals surface area contributed by atoms with Crippen molar-refractivity contribution in [1.82, 2.24) is 4.31 Å². The number of morpholine rings is 1. The predicted molar refractivity (Wildman–Crippen MR) is 83.9 cm³/mol. The van der Waals surface area contributed by atoms with Crippen molar-refractivity contribution in [2.45, 2.75) is 50.5 Å². The van der Waals surface area contributed by atoms with Gasteiger partial charge in [0.05, 0.1) is 17.1 Å². The van der Waals surface area contributed by atoms with Crippen molar-refractivity contribution in [3.63, 3.8) is 0 Å². The number of hydrogen-bond acceptors (Lipinski definition) is 3. The molecular weight excluding hydrogens is 286 g/mol. The number of hydrogen-bond donors (Lipinski definition) is 0. The summed E-state index contributed by atoms with van der Waals surface area (Å²) in [5, 5.41) is 0. The number of ether oxygens (including phenoxy) is 1. The van der Waals surface area contributed by atoms with Gasteiger partial charge in [-0.3, -0.25) is 0 Å². The summed E-state index contributed by atoms with van der Waals surface area (Å²) in [5.41, 5.74) is 0.751. The molecule has 0 aromatic heterocycles. The van der Waals surface area contributed by atoms with Crippen LogP contribution in [0.4, 0.5) is 0 Å². The molecule has 1 atom stereocenters. The van der Waals surface area contributed by atoms with Gasteiger partial charge in [0.2, 0.25) is 10.0 Å². The maximum atomic E-state index is 12.7. The zero-order chi connectivity index (χ0) is 15.7. The summed E-state index contributed by atoms with van der Waals surface area (Å²) >= 11 is 0. The van der Waals surface area contributed by atoms with Crippen LogP contribution in [-0.2, 0) is 14.8 Å². The van der Waals surface area contributed by atoms with Gasteiger partial charge >= 0.3 is 0 Å². The van der Waals surface area contributed by atoms with Crippen molar-refractivity contribution in [1.29, 1.82) is 0 Å². The lowest BCUT2D eigenvalue weighted by Crippen LogP contribution is -2.50. The summed E-state index contributed by atoms with van der Waals surface area (Å²) in [7, 11) is -3.43. The molecule has 1 saturated heterocycles. The molecule has 5 heteroatoms. The van der Waals surface area contributed by atoms with Crippen LogP contribution < -0.4 is 0 Å². The van der Waals surface area contributed by atoms with Crippen LogP contribution in [0.2, 0.25) is 0 Å². The quantitative estimate of drug-likeness (QED) is 0.859. The predicted octanol–water partition coefficient (Wildman–Crippen LogP) is 3.00. The van der Waals surface area contributed by atoms with Gasteiger partial charge in [0.1, 0.15) is 0 Å². The second-order valence-electron chi connectivity index (χ2n) is 6.33. The molecule has 21 heavy (non-hydrogen) atoms. The normalized spacial score (nSPS) is 21.1. The highest BCUT2D eigenvalue weighted by atomic mass is 32.2. The van der Waals surface area contributed by atoms with Crippen molar-refractivity contribution in [3.8, 4) is 0 Å². The molecule has 1 aromatic carbocycles. The van der Waals surface area contributed by atoms with Crippen LogP contribution in [0.1, 0.15) is 45.6 Å². The lowest BCUT2D eigenvalue weighted by Gasteiger charge is -2.37. The average molecular weight is 311 g/mol. The highest BCUT2D eigenvalue weighted by Crippen LogP contribution is 2.25. The molecule has 4 nitrogen and oxygen atoms in total. The minimum atomic E-state index is -3.43. The minimum absolute atomic E-state index is 0.368. The third-order valence-electron chi connectivity index (χ3n) is 4.09. The van der Waals surface area contributed by atoms with Gasteiger partial charge in [0.25, 0.3) is 0 Å². The molecule has 1 unspecified atom stereocenters. The van der Waals surface area contributed by atoms with E-state index in [0.29, 0.717) is 30.5 Å². The fourth-order valence-electron chi connectivity index (χ4n) is 2.53. The van der Waals surface area contributed by atoms with Gasteiger partial charge in [-0.05, 0) is 43.9 Å². The molecule has 0 N–H and O–H groups in total. The van der Waals surface area contributed by atoms with E-state index < -0.39 is 15.6 Å². The van der Waals surface area contributed by atoms with E-state index in [1.54, 1.807) is 12.1 Å². The van der Waals surface area contributed by atoms with E-state index >= 15 is 0 Å². The lowest BCUT2D eigenvalue weighted by atomic mass is 9.99. The van der Waals surface area contributed by atoms with Gasteiger partial charge < -0.3 is 4.74 Å². The van der Waals surface area contributed by atoms with E-state index in [4.69, 9.17) is 4.74 Å². The number of rotatable bonds is 4. The number of benzene rings is 1. The van der Waals surface area contributed by atoms with E-state index in [0.717, 1.165) is 6.42 Å². The Hall–Kier alpha value is -0.910. The van der Waals surface area contributed by atoms with Crippen molar-refractivity contribution in [2.75, 3.05) is 19.7 Å². The van der Waals surface area contributed by atoms with Crippen LogP contribution in [0.25, 0.3) is 0 Å². The second-order valence-corrected chi connectivity index (χ2v) is 8.26. The third kappa shape index (κ3) is 3.65. The summed E-state index contributed by atoms with van der Waals surface area (Å²) in [6.45, 7) is 9.36. The Morgan fingerprint density at radius 2 is 1.90 bits per heavy atom. The Kier molecular flexibility index (Phi) is 4.76. The fraction of sp³-hybridized carbons (Fsp3) is 0.625. The molecule has 1 heterocycles. The SMILES string of the molecule is CCC(C)c1ccc(S(=O)(=O)N2CCOC(C)(C)C2)cc1. The van der Waals surface area contributed by atoms with Crippen LogP contribution in [0.3, 0.4) is 0 Å². The van der Waals surface area contributed by atoms with Crippen LogP contribution in [0, 0.1) is 0 Å². The van der Waals surface area contributed by atoms with E-state index in [-0.39, 0.29) is 0 Å². The van der Waals surface area contributed by atoms with Gasteiger partial charge in [0, 0.05) is 13.1 Å². The maximum absolute atomic E-state index is 12.7. The average Bonchev–Trinajstić information content (AvgIpc) is 2.45. The lowest BCUT2D eigenvalue weighted by molar-refractivity contribution is -0.0640. The molecule has 1 fully saturated rings. The van der Waals surface area contributed by atoms with E-state index in [1.807, 2.05) is 26.0 Å². The third-order valence-corrected chi connectivity index (χ3v) is 5.95. The summed E-state index contributed by atoms with van der Waals surface area (Å²) in [6, 6.07) is 7.29. The van der Waals surface area contributed by atoms with E-state index in [2.05, 4.69) is 13.8 Å². The number of sulfonamides is 1. The van der Waals surface area contributed by atoms with Crippen LogP contribution in [0.5, 0.6) is 0 Å². The second kappa shape index (κ2) is 6.07. The minimum Gasteiger partial charge on any atom is -0.373 e. The molecule has 1 aromatic rings. The zero-order valence-electron chi connectivity index (χ0n) is 13.3. The largest absolute Gasteiger partial charge is 0.373 e. The van der Waals surface area contributed by atoms with Crippen LogP contribution in [-0.4, -0.2) is 38.0 Å². The molecule has 0 aliphatic carbocycles. The molecule has 118 valence electrons. The maximum Gasteiger partial charge on any atom is 0.243 e. The monoisotopic (exact) mass is 311 g/mol. The van der Waals surface area contributed by atoms with E-state index in [1.165, 1.54) is 9.87 Å². The Bertz CT molecular complexity index is 578. The summed E-state index contributed by atoms with van der Waals surface area (Å²) < 4.78 is 32.5. The smallest absolute Gasteiger partial charge is 0.243 e. The topological polar surface area (TPSA) is 46.6 Å². The molecule has 0 spiro atoms. The standard InChI is InChI=1S/C16H25NO3S/c1-5-13(2)14-6-8-15(9-7-14)21(18,19)17-10-11-20-16(3,4)12-17/h6-9,13H,5,10-12H2,1-4H3. The molecular formula is C16H25NO3S. The molecule has 1 aliphatic rings. The first-order valence-corrected chi connectivity index (χ1v) is 8.94. The first kappa shape index (κ1) is 16.5. The molecule has 0 radical (unpaired) electrons. The van der Waals surface area contributed by atoms with E-state index in [9.17, 15) is 8.42 Å². The first-order chi connectivity index (χ1) is 9.76.